The molecule has 1 aliphatic heterocycles. The van der Waals surface area contributed by atoms with Crippen LogP contribution in [0.5, 0.6) is 0 Å². The Morgan fingerprint density at radius 3 is 2.85 bits per heavy atom. The highest BCUT2D eigenvalue weighted by molar-refractivity contribution is 6.07. The predicted molar refractivity (Wildman–Crippen MR) is 76.4 cm³/mol. The van der Waals surface area contributed by atoms with E-state index in [1.165, 1.54) is 0 Å². The Labute approximate surface area is 117 Å². The summed E-state index contributed by atoms with van der Waals surface area (Å²) in [7, 11) is 0. The van der Waals surface area contributed by atoms with Gasteiger partial charge in [0.15, 0.2) is 0 Å². The zero-order chi connectivity index (χ0) is 14.1. The van der Waals surface area contributed by atoms with Crippen molar-refractivity contribution in [2.75, 3.05) is 19.6 Å². The van der Waals surface area contributed by atoms with Crippen molar-refractivity contribution in [3.63, 3.8) is 0 Å². The summed E-state index contributed by atoms with van der Waals surface area (Å²) in [5.41, 5.74) is 1.63. The Hall–Kier alpha value is -2.30. The van der Waals surface area contributed by atoms with E-state index in [1.807, 2.05) is 31.2 Å². The molecule has 3 rings (SSSR count). The third-order valence-corrected chi connectivity index (χ3v) is 3.71. The minimum atomic E-state index is -0.0656. The maximum absolute atomic E-state index is 12.4. The molecule has 104 valence electrons. The number of amides is 2. The summed E-state index contributed by atoms with van der Waals surface area (Å²) >= 11 is 0. The van der Waals surface area contributed by atoms with E-state index >= 15 is 0 Å². The Bertz CT molecular complexity index is 656. The molecule has 0 saturated carbocycles. The van der Waals surface area contributed by atoms with Crippen LogP contribution in [0.3, 0.4) is 0 Å². The first-order valence-corrected chi connectivity index (χ1v) is 6.83. The van der Waals surface area contributed by atoms with Crippen LogP contribution in [0.15, 0.2) is 30.5 Å². The standard InChI is InChI=1S/C15H17N3O2/c1-2-16-14(19)10-8-18(9-10)15(20)12-7-17-13-6-4-3-5-11(12)13/h3-7,10,17H,2,8-9H2,1H3,(H,16,19). The zero-order valence-electron chi connectivity index (χ0n) is 11.3. The van der Waals surface area contributed by atoms with E-state index in [2.05, 4.69) is 10.3 Å². The van der Waals surface area contributed by atoms with Crippen LogP contribution in [0.25, 0.3) is 10.9 Å². The third-order valence-electron chi connectivity index (χ3n) is 3.71. The molecule has 0 aliphatic carbocycles. The van der Waals surface area contributed by atoms with Gasteiger partial charge in [-0.25, -0.2) is 0 Å². The second-order valence-corrected chi connectivity index (χ2v) is 5.05. The number of nitrogens with one attached hydrogen (secondary N) is 2. The summed E-state index contributed by atoms with van der Waals surface area (Å²) in [6.07, 6.45) is 1.74. The molecule has 5 nitrogen and oxygen atoms in total. The van der Waals surface area contributed by atoms with Crippen LogP contribution in [0, 0.1) is 5.92 Å². The fourth-order valence-electron chi connectivity index (χ4n) is 2.55. The highest BCUT2D eigenvalue weighted by Crippen LogP contribution is 2.23. The van der Waals surface area contributed by atoms with Crippen LogP contribution < -0.4 is 5.32 Å². The molecule has 0 atom stereocenters. The van der Waals surface area contributed by atoms with E-state index in [1.54, 1.807) is 11.1 Å². The lowest BCUT2D eigenvalue weighted by Crippen LogP contribution is -2.55. The summed E-state index contributed by atoms with van der Waals surface area (Å²) in [6.45, 7) is 3.53. The molecule has 1 fully saturated rings. The summed E-state index contributed by atoms with van der Waals surface area (Å²) in [6, 6.07) is 7.72. The SMILES string of the molecule is CCNC(=O)C1CN(C(=O)c2c[nH]c3ccccc23)C1. The molecule has 1 aromatic carbocycles. The van der Waals surface area contributed by atoms with Crippen molar-refractivity contribution in [1.82, 2.24) is 15.2 Å². The number of benzene rings is 1. The molecule has 0 spiro atoms. The summed E-state index contributed by atoms with van der Waals surface area (Å²) < 4.78 is 0. The van der Waals surface area contributed by atoms with Crippen LogP contribution in [0.1, 0.15) is 17.3 Å². The van der Waals surface area contributed by atoms with Gasteiger partial charge in [0, 0.05) is 36.7 Å². The number of hydrogen-bond acceptors (Lipinski definition) is 2. The largest absolute Gasteiger partial charge is 0.360 e. The highest BCUT2D eigenvalue weighted by Gasteiger charge is 2.36. The van der Waals surface area contributed by atoms with Crippen LogP contribution in [-0.4, -0.2) is 41.3 Å². The zero-order valence-corrected chi connectivity index (χ0v) is 11.3. The summed E-state index contributed by atoms with van der Waals surface area (Å²) in [4.78, 5) is 28.9. The molecule has 1 saturated heterocycles. The second-order valence-electron chi connectivity index (χ2n) is 5.05. The van der Waals surface area contributed by atoms with Gasteiger partial charge >= 0.3 is 0 Å². The lowest BCUT2D eigenvalue weighted by molar-refractivity contribution is -0.128. The van der Waals surface area contributed by atoms with Crippen molar-refractivity contribution in [2.45, 2.75) is 6.92 Å². The van der Waals surface area contributed by atoms with Crippen molar-refractivity contribution in [1.29, 1.82) is 0 Å². The van der Waals surface area contributed by atoms with Gasteiger partial charge in [-0.1, -0.05) is 18.2 Å². The molecule has 2 heterocycles. The Balaban J connectivity index is 1.71. The Morgan fingerprint density at radius 1 is 1.35 bits per heavy atom. The fourth-order valence-corrected chi connectivity index (χ4v) is 2.55. The Morgan fingerprint density at radius 2 is 2.10 bits per heavy atom. The number of nitrogens with zero attached hydrogens (tertiary/aromatic N) is 1. The number of aromatic amines is 1. The van der Waals surface area contributed by atoms with Gasteiger partial charge in [0.1, 0.15) is 0 Å². The van der Waals surface area contributed by atoms with Gasteiger partial charge in [-0.15, -0.1) is 0 Å². The first-order valence-electron chi connectivity index (χ1n) is 6.83. The van der Waals surface area contributed by atoms with E-state index in [4.69, 9.17) is 0 Å². The normalized spacial score (nSPS) is 15.2. The van der Waals surface area contributed by atoms with E-state index in [-0.39, 0.29) is 17.7 Å². The fraction of sp³-hybridized carbons (Fsp3) is 0.333. The van der Waals surface area contributed by atoms with Gasteiger partial charge in [0.05, 0.1) is 11.5 Å². The summed E-state index contributed by atoms with van der Waals surface area (Å²) in [5, 5.41) is 3.72. The third kappa shape index (κ3) is 2.05. The van der Waals surface area contributed by atoms with Gasteiger partial charge in [-0.2, -0.15) is 0 Å². The quantitative estimate of drug-likeness (QED) is 0.885. The van der Waals surface area contributed by atoms with E-state index in [0.29, 0.717) is 25.2 Å². The molecule has 1 aromatic heterocycles. The molecule has 2 N–H and O–H groups in total. The predicted octanol–water partition coefficient (Wildman–Crippen LogP) is 1.38. The number of fused-ring (bicyclic) bond motifs is 1. The number of carbonyl (C=O) groups excluding carboxylic acids is 2. The van der Waals surface area contributed by atoms with Crippen LogP contribution in [0.4, 0.5) is 0 Å². The molecule has 20 heavy (non-hydrogen) atoms. The number of carbonyl (C=O) groups is 2. The van der Waals surface area contributed by atoms with Gasteiger partial charge in [0.25, 0.3) is 5.91 Å². The second kappa shape index (κ2) is 5.00. The maximum atomic E-state index is 12.4. The molecular weight excluding hydrogens is 254 g/mol. The minimum Gasteiger partial charge on any atom is -0.360 e. The molecule has 1 aliphatic rings. The lowest BCUT2D eigenvalue weighted by Gasteiger charge is -2.38. The first kappa shape index (κ1) is 12.7. The van der Waals surface area contributed by atoms with Gasteiger partial charge in [-0.05, 0) is 13.0 Å². The highest BCUT2D eigenvalue weighted by atomic mass is 16.2. The molecule has 2 aromatic rings. The van der Waals surface area contributed by atoms with Gasteiger partial charge in [0.2, 0.25) is 5.91 Å². The maximum Gasteiger partial charge on any atom is 0.256 e. The topological polar surface area (TPSA) is 65.2 Å². The monoisotopic (exact) mass is 271 g/mol. The van der Waals surface area contributed by atoms with Crippen molar-refractivity contribution in [2.24, 2.45) is 5.92 Å². The number of H-pyrrole nitrogens is 1. The molecule has 0 radical (unpaired) electrons. The van der Waals surface area contributed by atoms with Crippen molar-refractivity contribution >= 4 is 22.7 Å². The van der Waals surface area contributed by atoms with Gasteiger partial charge < -0.3 is 15.2 Å². The van der Waals surface area contributed by atoms with Crippen molar-refractivity contribution in [3.8, 4) is 0 Å². The Kier molecular flexibility index (Phi) is 3.18. The van der Waals surface area contributed by atoms with Crippen molar-refractivity contribution < 1.29 is 9.59 Å². The number of para-hydroxylation sites is 1. The minimum absolute atomic E-state index is 0.0111. The molecule has 0 unspecified atom stereocenters. The van der Waals surface area contributed by atoms with Crippen LogP contribution in [-0.2, 0) is 4.79 Å². The van der Waals surface area contributed by atoms with Crippen molar-refractivity contribution in [3.05, 3.63) is 36.0 Å². The first-order chi connectivity index (χ1) is 9.70. The smallest absolute Gasteiger partial charge is 0.256 e. The number of hydrogen-bond donors (Lipinski definition) is 2. The van der Waals surface area contributed by atoms with E-state index in [9.17, 15) is 9.59 Å². The summed E-state index contributed by atoms with van der Waals surface area (Å²) in [5.74, 6) is -0.0393. The van der Waals surface area contributed by atoms with E-state index in [0.717, 1.165) is 10.9 Å². The number of aromatic nitrogens is 1. The molecular formula is C15H17N3O2. The number of likely N-dealkylation sites (tertiary alicyclic amines) is 1. The average Bonchev–Trinajstić information content (AvgIpc) is 2.81. The van der Waals surface area contributed by atoms with E-state index < -0.39 is 0 Å². The molecule has 2 amide bonds. The lowest BCUT2D eigenvalue weighted by atomic mass is 9.97. The van der Waals surface area contributed by atoms with Crippen LogP contribution in [0.2, 0.25) is 0 Å². The van der Waals surface area contributed by atoms with Gasteiger partial charge in [-0.3, -0.25) is 9.59 Å². The molecule has 0 bridgehead atoms. The number of rotatable bonds is 3. The molecule has 5 heteroatoms. The average molecular weight is 271 g/mol. The van der Waals surface area contributed by atoms with Crippen LogP contribution >= 0.6 is 0 Å².